The second kappa shape index (κ2) is 6.22. The quantitative estimate of drug-likeness (QED) is 0.797. The van der Waals surface area contributed by atoms with E-state index in [1.807, 2.05) is 30.3 Å². The minimum absolute atomic E-state index is 0.306. The van der Waals surface area contributed by atoms with Crippen molar-refractivity contribution < 1.29 is 14.4 Å². The zero-order chi connectivity index (χ0) is 18.3. The molecular weight excluding hydrogens is 330 g/mol. The molecule has 0 aromatic heterocycles. The van der Waals surface area contributed by atoms with Crippen molar-refractivity contribution in [3.63, 3.8) is 0 Å². The van der Waals surface area contributed by atoms with E-state index in [0.29, 0.717) is 30.1 Å². The zero-order valence-corrected chi connectivity index (χ0v) is 14.3. The lowest BCUT2D eigenvalue weighted by Crippen LogP contribution is -2.50. The second-order valence-electron chi connectivity index (χ2n) is 6.26. The van der Waals surface area contributed by atoms with Gasteiger partial charge in [-0.25, -0.2) is 0 Å². The van der Waals surface area contributed by atoms with Crippen molar-refractivity contribution in [1.29, 1.82) is 0 Å². The molecule has 0 aliphatic carbocycles. The molecule has 130 valence electrons. The van der Waals surface area contributed by atoms with Gasteiger partial charge in [0.05, 0.1) is 17.7 Å². The molecule has 2 aliphatic rings. The van der Waals surface area contributed by atoms with Crippen molar-refractivity contribution in [3.05, 3.63) is 71.3 Å². The van der Waals surface area contributed by atoms with E-state index in [0.717, 1.165) is 10.5 Å². The fourth-order valence-corrected chi connectivity index (χ4v) is 3.39. The van der Waals surface area contributed by atoms with Gasteiger partial charge in [-0.2, -0.15) is 0 Å². The molecule has 1 atom stereocenters. The number of hydrogen-bond acceptors (Lipinski definition) is 4. The monoisotopic (exact) mass is 347 g/mol. The van der Waals surface area contributed by atoms with E-state index >= 15 is 0 Å². The number of fused-ring (bicyclic) bond motifs is 1. The van der Waals surface area contributed by atoms with Crippen LogP contribution in [0.1, 0.15) is 33.2 Å². The molecule has 2 aromatic carbocycles. The molecule has 6 nitrogen and oxygen atoms in total. The first-order chi connectivity index (χ1) is 12.6. The van der Waals surface area contributed by atoms with Crippen LogP contribution in [0.4, 0.5) is 0 Å². The molecule has 2 aromatic rings. The fourth-order valence-electron chi connectivity index (χ4n) is 3.39. The molecule has 4 rings (SSSR count). The third kappa shape index (κ3) is 2.42. The van der Waals surface area contributed by atoms with Crippen molar-refractivity contribution >= 4 is 23.6 Å². The van der Waals surface area contributed by atoms with Gasteiger partial charge in [-0.1, -0.05) is 42.5 Å². The Labute approximate surface area is 150 Å². The average molecular weight is 347 g/mol. The van der Waals surface area contributed by atoms with Gasteiger partial charge < -0.3 is 0 Å². The minimum Gasteiger partial charge on any atom is -0.293 e. The summed E-state index contributed by atoms with van der Waals surface area (Å²) in [4.78, 5) is 45.3. The lowest BCUT2D eigenvalue weighted by Gasteiger charge is -2.27. The van der Waals surface area contributed by atoms with Crippen LogP contribution in [0, 0.1) is 0 Å². The number of amidine groups is 1. The SMILES string of the molecule is C[C@@H](C(=O)N1CCN=C1c1ccccc1)N1C(=O)c2ccccc2C1=O. The summed E-state index contributed by atoms with van der Waals surface area (Å²) in [6, 6.07) is 15.2. The molecule has 26 heavy (non-hydrogen) atoms. The maximum atomic E-state index is 13.1. The number of aliphatic imine (C=N–C) groups is 1. The molecule has 0 unspecified atom stereocenters. The van der Waals surface area contributed by atoms with E-state index in [1.165, 1.54) is 0 Å². The number of imide groups is 1. The standard InChI is InChI=1S/C20H17N3O3/c1-13(23-19(25)15-9-5-6-10-16(15)20(23)26)18(24)22-12-11-21-17(22)14-7-3-2-4-8-14/h2-10,13H,11-12H2,1H3/t13-/m0/s1. The van der Waals surface area contributed by atoms with Crippen LogP contribution in [-0.2, 0) is 4.79 Å². The van der Waals surface area contributed by atoms with Gasteiger partial charge in [0.15, 0.2) is 0 Å². The Morgan fingerprint density at radius 2 is 1.54 bits per heavy atom. The van der Waals surface area contributed by atoms with Crippen LogP contribution in [0.5, 0.6) is 0 Å². The Morgan fingerprint density at radius 1 is 0.962 bits per heavy atom. The van der Waals surface area contributed by atoms with Gasteiger partial charge in [-0.05, 0) is 19.1 Å². The highest BCUT2D eigenvalue weighted by molar-refractivity contribution is 6.23. The lowest BCUT2D eigenvalue weighted by atomic mass is 10.1. The third-order valence-electron chi connectivity index (χ3n) is 4.71. The van der Waals surface area contributed by atoms with Gasteiger partial charge in [-0.15, -0.1) is 0 Å². The van der Waals surface area contributed by atoms with E-state index in [-0.39, 0.29) is 5.91 Å². The predicted octanol–water partition coefficient (Wildman–Crippen LogP) is 1.96. The summed E-state index contributed by atoms with van der Waals surface area (Å²) < 4.78 is 0. The topological polar surface area (TPSA) is 70.1 Å². The first-order valence-electron chi connectivity index (χ1n) is 8.48. The first-order valence-corrected chi connectivity index (χ1v) is 8.48. The zero-order valence-electron chi connectivity index (χ0n) is 14.3. The number of nitrogens with zero attached hydrogens (tertiary/aromatic N) is 3. The molecule has 0 N–H and O–H groups in total. The first kappa shape index (κ1) is 16.2. The summed E-state index contributed by atoms with van der Waals surface area (Å²) >= 11 is 0. The number of amides is 3. The Morgan fingerprint density at radius 3 is 2.15 bits per heavy atom. The van der Waals surface area contributed by atoms with Crippen molar-refractivity contribution in [1.82, 2.24) is 9.80 Å². The molecule has 0 bridgehead atoms. The Bertz CT molecular complexity index is 901. The van der Waals surface area contributed by atoms with Crippen LogP contribution in [0.15, 0.2) is 59.6 Å². The molecule has 0 spiro atoms. The van der Waals surface area contributed by atoms with Gasteiger partial charge >= 0.3 is 0 Å². The van der Waals surface area contributed by atoms with Gasteiger partial charge in [-0.3, -0.25) is 29.2 Å². The van der Waals surface area contributed by atoms with Gasteiger partial charge in [0.1, 0.15) is 11.9 Å². The summed E-state index contributed by atoms with van der Waals surface area (Å²) in [5, 5.41) is 0. The summed E-state index contributed by atoms with van der Waals surface area (Å²) in [5.41, 5.74) is 1.53. The summed E-state index contributed by atoms with van der Waals surface area (Å²) in [7, 11) is 0. The molecule has 6 heteroatoms. The molecule has 0 saturated carbocycles. The third-order valence-corrected chi connectivity index (χ3v) is 4.71. The smallest absolute Gasteiger partial charge is 0.262 e. The van der Waals surface area contributed by atoms with Gasteiger partial charge in [0.2, 0.25) is 0 Å². The molecule has 2 heterocycles. The normalized spacial score (nSPS) is 17.3. The Hall–Kier alpha value is -3.28. The average Bonchev–Trinajstić information content (AvgIpc) is 3.26. The second-order valence-corrected chi connectivity index (χ2v) is 6.26. The predicted molar refractivity (Wildman–Crippen MR) is 96.0 cm³/mol. The fraction of sp³-hybridized carbons (Fsp3) is 0.200. The van der Waals surface area contributed by atoms with Crippen LogP contribution in [0.3, 0.4) is 0 Å². The molecule has 0 fully saturated rings. The van der Waals surface area contributed by atoms with Crippen LogP contribution in [0.2, 0.25) is 0 Å². The maximum absolute atomic E-state index is 13.1. The van der Waals surface area contributed by atoms with E-state index in [9.17, 15) is 14.4 Å². The van der Waals surface area contributed by atoms with E-state index in [2.05, 4.69) is 4.99 Å². The van der Waals surface area contributed by atoms with Gasteiger partial charge in [0.25, 0.3) is 17.7 Å². The summed E-state index contributed by atoms with van der Waals surface area (Å²) in [6.45, 7) is 2.53. The van der Waals surface area contributed by atoms with E-state index < -0.39 is 17.9 Å². The Kier molecular flexibility index (Phi) is 3.88. The number of hydrogen-bond donors (Lipinski definition) is 0. The minimum atomic E-state index is -0.894. The number of rotatable bonds is 3. The molecule has 0 radical (unpaired) electrons. The highest BCUT2D eigenvalue weighted by atomic mass is 16.2. The summed E-state index contributed by atoms with van der Waals surface area (Å²) in [5.74, 6) is -0.577. The summed E-state index contributed by atoms with van der Waals surface area (Å²) in [6.07, 6.45) is 0. The van der Waals surface area contributed by atoms with Crippen LogP contribution < -0.4 is 0 Å². The van der Waals surface area contributed by atoms with Crippen LogP contribution in [-0.4, -0.2) is 52.5 Å². The molecule has 2 aliphatic heterocycles. The van der Waals surface area contributed by atoms with Crippen molar-refractivity contribution in [3.8, 4) is 0 Å². The van der Waals surface area contributed by atoms with E-state index in [4.69, 9.17) is 0 Å². The van der Waals surface area contributed by atoms with Crippen LogP contribution in [0.25, 0.3) is 0 Å². The van der Waals surface area contributed by atoms with Crippen LogP contribution >= 0.6 is 0 Å². The van der Waals surface area contributed by atoms with Crippen molar-refractivity contribution in [2.45, 2.75) is 13.0 Å². The van der Waals surface area contributed by atoms with Crippen molar-refractivity contribution in [2.75, 3.05) is 13.1 Å². The number of carbonyl (C=O) groups is 3. The molecular formula is C20H17N3O3. The highest BCUT2D eigenvalue weighted by Gasteiger charge is 2.42. The van der Waals surface area contributed by atoms with Crippen molar-refractivity contribution in [2.24, 2.45) is 4.99 Å². The number of benzene rings is 2. The lowest BCUT2D eigenvalue weighted by molar-refractivity contribution is -0.130. The Balaban J connectivity index is 1.61. The number of carbonyl (C=O) groups excluding carboxylic acids is 3. The highest BCUT2D eigenvalue weighted by Crippen LogP contribution is 2.25. The maximum Gasteiger partial charge on any atom is 0.262 e. The molecule has 0 saturated heterocycles. The van der Waals surface area contributed by atoms with E-state index in [1.54, 1.807) is 36.1 Å². The van der Waals surface area contributed by atoms with Gasteiger partial charge in [0, 0.05) is 12.1 Å². The molecule has 3 amide bonds. The largest absolute Gasteiger partial charge is 0.293 e.